The van der Waals surface area contributed by atoms with Gasteiger partial charge >= 0.3 is 5.54 Å². The fourth-order valence-corrected chi connectivity index (χ4v) is 1.31. The van der Waals surface area contributed by atoms with Gasteiger partial charge in [-0.15, -0.1) is 0 Å². The summed E-state index contributed by atoms with van der Waals surface area (Å²) in [6, 6.07) is -0.884. The largest absolute Gasteiger partial charge is 0.318 e. The zero-order valence-corrected chi connectivity index (χ0v) is 7.14. The van der Waals surface area contributed by atoms with E-state index in [4.69, 9.17) is 5.73 Å². The molecule has 0 radical (unpaired) electrons. The van der Waals surface area contributed by atoms with Crippen molar-refractivity contribution in [2.24, 2.45) is 5.73 Å². The number of carbonyl (C=O) groups is 1. The third-order valence-electron chi connectivity index (χ3n) is 2.15. The van der Waals surface area contributed by atoms with Gasteiger partial charge in [-0.2, -0.15) is 0 Å². The highest BCUT2D eigenvalue weighted by Gasteiger charge is 2.51. The van der Waals surface area contributed by atoms with Crippen LogP contribution >= 0.6 is 0 Å². The molecule has 0 aromatic carbocycles. The van der Waals surface area contributed by atoms with Crippen LogP contribution < -0.4 is 5.73 Å². The summed E-state index contributed by atoms with van der Waals surface area (Å²) >= 11 is 0. The second-order valence-corrected chi connectivity index (χ2v) is 2.91. The summed E-state index contributed by atoms with van der Waals surface area (Å²) in [5.41, 5.74) is 3.75. The molecule has 1 rings (SSSR count). The van der Waals surface area contributed by atoms with Crippen molar-refractivity contribution in [1.29, 1.82) is 0 Å². The van der Waals surface area contributed by atoms with Gasteiger partial charge in [0, 0.05) is 17.9 Å². The Balaban J connectivity index is 3.19. The van der Waals surface area contributed by atoms with Crippen molar-refractivity contribution in [3.63, 3.8) is 0 Å². The van der Waals surface area contributed by atoms with E-state index in [9.17, 15) is 14.9 Å². The van der Waals surface area contributed by atoms with Crippen molar-refractivity contribution in [2.75, 3.05) is 0 Å². The van der Waals surface area contributed by atoms with Gasteiger partial charge in [-0.1, -0.05) is 18.2 Å². The molecule has 2 unspecified atom stereocenters. The number of hydrogen-bond donors (Lipinski definition) is 1. The molecule has 0 amide bonds. The molecule has 5 nitrogen and oxygen atoms in total. The summed E-state index contributed by atoms with van der Waals surface area (Å²) in [5.74, 6) is -0.550. The monoisotopic (exact) mass is 182 g/mol. The average Bonchev–Trinajstić information content (AvgIpc) is 2.04. The Hall–Kier alpha value is -1.49. The summed E-state index contributed by atoms with van der Waals surface area (Å²) in [5, 5.41) is 10.7. The van der Waals surface area contributed by atoms with Crippen LogP contribution in [0.1, 0.15) is 6.92 Å². The lowest BCUT2D eigenvalue weighted by Crippen LogP contribution is -2.57. The standard InChI is InChI=1S/C8H10N2O3/c1-6(11)8(10(12)13)5-3-2-4-7(8)9/h2-5,7H,9H2,1H3. The third-order valence-corrected chi connectivity index (χ3v) is 2.15. The molecule has 0 aromatic heterocycles. The van der Waals surface area contributed by atoms with Crippen LogP contribution in [0.25, 0.3) is 0 Å². The maximum atomic E-state index is 11.2. The van der Waals surface area contributed by atoms with Crippen molar-refractivity contribution >= 4 is 5.78 Å². The Morgan fingerprint density at radius 2 is 2.23 bits per heavy atom. The molecular formula is C8H10N2O3. The predicted molar refractivity (Wildman–Crippen MR) is 46.7 cm³/mol. The van der Waals surface area contributed by atoms with E-state index < -0.39 is 22.3 Å². The van der Waals surface area contributed by atoms with Crippen molar-refractivity contribution < 1.29 is 9.72 Å². The summed E-state index contributed by atoms with van der Waals surface area (Å²) in [6.07, 6.45) is 5.74. The van der Waals surface area contributed by atoms with Crippen LogP contribution in [-0.2, 0) is 4.79 Å². The van der Waals surface area contributed by atoms with Gasteiger partial charge in [0.2, 0.25) is 5.78 Å². The van der Waals surface area contributed by atoms with Crippen molar-refractivity contribution in [3.8, 4) is 0 Å². The first-order valence-corrected chi connectivity index (χ1v) is 3.79. The number of nitrogens with zero attached hydrogens (tertiary/aromatic N) is 1. The fourth-order valence-electron chi connectivity index (χ4n) is 1.31. The molecule has 70 valence electrons. The van der Waals surface area contributed by atoms with Crippen LogP contribution in [0.2, 0.25) is 0 Å². The minimum absolute atomic E-state index is 0.550. The maximum Gasteiger partial charge on any atom is 0.315 e. The first kappa shape index (κ1) is 9.60. The SMILES string of the molecule is CC(=O)C1([N+](=O)[O-])C=CC=CC1N. The zero-order chi connectivity index (χ0) is 10.1. The molecule has 2 N–H and O–H groups in total. The van der Waals surface area contributed by atoms with Gasteiger partial charge in [-0.3, -0.25) is 14.9 Å². The van der Waals surface area contributed by atoms with Crippen molar-refractivity contribution in [3.05, 3.63) is 34.4 Å². The highest BCUT2D eigenvalue weighted by molar-refractivity contribution is 5.88. The minimum atomic E-state index is -1.77. The highest BCUT2D eigenvalue weighted by Crippen LogP contribution is 2.21. The summed E-state index contributed by atoms with van der Waals surface area (Å²) in [7, 11) is 0. The Kier molecular flexibility index (Phi) is 2.29. The number of ketones is 1. The molecule has 0 saturated heterocycles. The number of allylic oxidation sites excluding steroid dienone is 2. The molecular weight excluding hydrogens is 172 g/mol. The zero-order valence-electron chi connectivity index (χ0n) is 7.14. The Morgan fingerprint density at radius 1 is 1.62 bits per heavy atom. The molecule has 1 aliphatic rings. The van der Waals surface area contributed by atoms with Crippen LogP contribution in [0.5, 0.6) is 0 Å². The molecule has 0 heterocycles. The van der Waals surface area contributed by atoms with E-state index in [0.717, 1.165) is 0 Å². The van der Waals surface area contributed by atoms with Crippen molar-refractivity contribution in [1.82, 2.24) is 0 Å². The van der Waals surface area contributed by atoms with Gasteiger partial charge in [0.25, 0.3) is 0 Å². The number of nitrogens with two attached hydrogens (primary N) is 1. The number of nitro groups is 1. The van der Waals surface area contributed by atoms with Gasteiger partial charge in [-0.25, -0.2) is 0 Å². The van der Waals surface area contributed by atoms with Crippen molar-refractivity contribution in [2.45, 2.75) is 18.5 Å². The first-order chi connectivity index (χ1) is 6.01. The van der Waals surface area contributed by atoms with E-state index in [1.807, 2.05) is 0 Å². The second kappa shape index (κ2) is 3.10. The molecule has 0 aromatic rings. The number of carbonyl (C=O) groups excluding carboxylic acids is 1. The van der Waals surface area contributed by atoms with E-state index in [1.54, 1.807) is 6.08 Å². The lowest BCUT2D eigenvalue weighted by atomic mass is 9.84. The lowest BCUT2D eigenvalue weighted by Gasteiger charge is -2.24. The summed E-state index contributed by atoms with van der Waals surface area (Å²) < 4.78 is 0. The minimum Gasteiger partial charge on any atom is -0.318 e. The Morgan fingerprint density at radius 3 is 2.54 bits per heavy atom. The average molecular weight is 182 g/mol. The van der Waals surface area contributed by atoms with E-state index in [2.05, 4.69) is 0 Å². The molecule has 5 heteroatoms. The molecule has 0 bridgehead atoms. The molecule has 1 aliphatic carbocycles. The molecule has 13 heavy (non-hydrogen) atoms. The maximum absolute atomic E-state index is 11.2. The topological polar surface area (TPSA) is 86.2 Å². The predicted octanol–water partition coefficient (Wildman–Crippen LogP) is 0.0442. The molecule has 0 aliphatic heterocycles. The second-order valence-electron chi connectivity index (χ2n) is 2.91. The quantitative estimate of drug-likeness (QED) is 0.482. The smallest absolute Gasteiger partial charge is 0.315 e. The van der Waals surface area contributed by atoms with Gasteiger partial charge < -0.3 is 5.73 Å². The van der Waals surface area contributed by atoms with E-state index >= 15 is 0 Å². The lowest BCUT2D eigenvalue weighted by molar-refractivity contribution is -0.539. The number of Topliss-reactive ketones (excluding diaryl/α,β-unsaturated/α-hetero) is 1. The van der Waals surface area contributed by atoms with Crippen LogP contribution in [0.3, 0.4) is 0 Å². The van der Waals surface area contributed by atoms with Crippen LogP contribution in [0.4, 0.5) is 0 Å². The normalized spacial score (nSPS) is 31.7. The Labute approximate surface area is 75.1 Å². The molecule has 0 saturated carbocycles. The van der Waals surface area contributed by atoms with Crippen LogP contribution in [-0.4, -0.2) is 22.3 Å². The van der Waals surface area contributed by atoms with Crippen LogP contribution in [0.15, 0.2) is 24.3 Å². The Bertz CT molecular complexity index is 293. The van der Waals surface area contributed by atoms with Gasteiger partial charge in [0.05, 0.1) is 0 Å². The van der Waals surface area contributed by atoms with E-state index in [0.29, 0.717) is 0 Å². The van der Waals surface area contributed by atoms with Gasteiger partial charge in [-0.05, 0) is 0 Å². The molecule has 0 fully saturated rings. The van der Waals surface area contributed by atoms with E-state index in [-0.39, 0.29) is 0 Å². The van der Waals surface area contributed by atoms with Gasteiger partial charge in [0.15, 0.2) is 0 Å². The van der Waals surface area contributed by atoms with Crippen LogP contribution in [0, 0.1) is 10.1 Å². The number of rotatable bonds is 2. The first-order valence-electron chi connectivity index (χ1n) is 3.79. The molecule has 2 atom stereocenters. The van der Waals surface area contributed by atoms with Gasteiger partial charge in [0.1, 0.15) is 6.04 Å². The number of hydrogen-bond acceptors (Lipinski definition) is 4. The summed E-state index contributed by atoms with van der Waals surface area (Å²) in [4.78, 5) is 21.3. The van der Waals surface area contributed by atoms with E-state index in [1.165, 1.54) is 25.2 Å². The third kappa shape index (κ3) is 1.27. The summed E-state index contributed by atoms with van der Waals surface area (Å²) in [6.45, 7) is 1.17. The fraction of sp³-hybridized carbons (Fsp3) is 0.375. The molecule has 0 spiro atoms. The highest BCUT2D eigenvalue weighted by atomic mass is 16.6.